The molecule has 0 bridgehead atoms. The summed E-state index contributed by atoms with van der Waals surface area (Å²) in [7, 11) is 0. The molecule has 130 valence electrons. The van der Waals surface area contributed by atoms with Crippen molar-refractivity contribution >= 4 is 49.6 Å². The Morgan fingerprint density at radius 1 is 1.00 bits per heavy atom. The highest BCUT2D eigenvalue weighted by Crippen LogP contribution is 2.42. The van der Waals surface area contributed by atoms with Gasteiger partial charge in [0.05, 0.1) is 20.6 Å². The molecule has 26 heavy (non-hydrogen) atoms. The lowest BCUT2D eigenvalue weighted by Crippen LogP contribution is -2.21. The fraction of sp³-hybridized carbons (Fsp3) is 0.200. The maximum absolute atomic E-state index is 6.15. The summed E-state index contributed by atoms with van der Waals surface area (Å²) in [4.78, 5) is 12.8. The van der Waals surface area contributed by atoms with Crippen molar-refractivity contribution in [2.24, 2.45) is 0 Å². The molecule has 3 nitrogen and oxygen atoms in total. The summed E-state index contributed by atoms with van der Waals surface area (Å²) >= 11 is 9.62. The van der Waals surface area contributed by atoms with Crippen LogP contribution in [0.5, 0.6) is 0 Å². The SMILES string of the molecule is Clc1ccc(C2CCCN2c2nc3ccc(-c4ccncc4)cc3s2)s1. The van der Waals surface area contributed by atoms with Crippen molar-refractivity contribution in [3.63, 3.8) is 0 Å². The third kappa shape index (κ3) is 2.90. The maximum Gasteiger partial charge on any atom is 0.186 e. The molecule has 1 atom stereocenters. The van der Waals surface area contributed by atoms with Crippen molar-refractivity contribution in [3.05, 3.63) is 64.1 Å². The number of hydrogen-bond acceptors (Lipinski definition) is 5. The van der Waals surface area contributed by atoms with E-state index in [0.717, 1.165) is 28.0 Å². The zero-order valence-electron chi connectivity index (χ0n) is 13.9. The summed E-state index contributed by atoms with van der Waals surface area (Å²) in [5.74, 6) is 0. The third-order valence-corrected chi connectivity index (χ3v) is 7.20. The normalized spacial score (nSPS) is 17.3. The average Bonchev–Trinajstić information content (AvgIpc) is 3.40. The van der Waals surface area contributed by atoms with Crippen molar-refractivity contribution in [1.29, 1.82) is 0 Å². The molecule has 1 aliphatic rings. The minimum atomic E-state index is 0.396. The van der Waals surface area contributed by atoms with Gasteiger partial charge in [0.1, 0.15) is 0 Å². The predicted octanol–water partition coefficient (Wildman–Crippen LogP) is 6.41. The Morgan fingerprint density at radius 3 is 2.69 bits per heavy atom. The van der Waals surface area contributed by atoms with Crippen LogP contribution in [0.2, 0.25) is 4.34 Å². The van der Waals surface area contributed by atoms with E-state index in [0.29, 0.717) is 6.04 Å². The molecule has 0 spiro atoms. The van der Waals surface area contributed by atoms with Crippen LogP contribution in [-0.4, -0.2) is 16.5 Å². The van der Waals surface area contributed by atoms with Gasteiger partial charge in [-0.1, -0.05) is 29.0 Å². The van der Waals surface area contributed by atoms with Crippen LogP contribution in [0.25, 0.3) is 21.3 Å². The van der Waals surface area contributed by atoms with Crippen molar-refractivity contribution in [3.8, 4) is 11.1 Å². The number of rotatable bonds is 3. The second-order valence-corrected chi connectivity index (χ2v) is 9.16. The Bertz CT molecular complexity index is 1060. The van der Waals surface area contributed by atoms with E-state index in [9.17, 15) is 0 Å². The second kappa shape index (κ2) is 6.65. The molecule has 0 saturated carbocycles. The monoisotopic (exact) mass is 397 g/mol. The molecule has 1 aromatic carbocycles. The summed E-state index contributed by atoms with van der Waals surface area (Å²) in [6.45, 7) is 1.05. The van der Waals surface area contributed by atoms with E-state index >= 15 is 0 Å². The number of halogens is 1. The fourth-order valence-electron chi connectivity index (χ4n) is 3.56. The van der Waals surface area contributed by atoms with Gasteiger partial charge in [-0.2, -0.15) is 0 Å². The number of pyridine rings is 1. The molecule has 1 unspecified atom stereocenters. The van der Waals surface area contributed by atoms with Gasteiger partial charge in [0.2, 0.25) is 0 Å². The zero-order chi connectivity index (χ0) is 17.5. The maximum atomic E-state index is 6.15. The fourth-order valence-corrected chi connectivity index (χ4v) is 5.85. The van der Waals surface area contributed by atoms with Crippen molar-refractivity contribution in [2.75, 3.05) is 11.4 Å². The number of thiazole rings is 1. The Morgan fingerprint density at radius 2 is 1.88 bits per heavy atom. The molecule has 4 heterocycles. The molecule has 1 fully saturated rings. The number of aromatic nitrogens is 2. The van der Waals surface area contributed by atoms with Gasteiger partial charge < -0.3 is 4.90 Å². The predicted molar refractivity (Wildman–Crippen MR) is 112 cm³/mol. The molecule has 1 aliphatic heterocycles. The van der Waals surface area contributed by atoms with Crippen LogP contribution in [0, 0.1) is 0 Å². The molecule has 5 rings (SSSR count). The largest absolute Gasteiger partial charge is 0.340 e. The van der Waals surface area contributed by atoms with Crippen LogP contribution in [0.1, 0.15) is 23.8 Å². The average molecular weight is 398 g/mol. The number of fused-ring (bicyclic) bond motifs is 1. The first-order valence-electron chi connectivity index (χ1n) is 8.61. The lowest BCUT2D eigenvalue weighted by atomic mass is 10.1. The highest BCUT2D eigenvalue weighted by molar-refractivity contribution is 7.22. The number of thiophene rings is 1. The molecule has 4 aromatic rings. The molecule has 3 aromatic heterocycles. The molecule has 6 heteroatoms. The highest BCUT2D eigenvalue weighted by Gasteiger charge is 2.29. The molecular formula is C20H16ClN3S2. The van der Waals surface area contributed by atoms with Crippen molar-refractivity contribution in [1.82, 2.24) is 9.97 Å². The van der Waals surface area contributed by atoms with E-state index in [-0.39, 0.29) is 0 Å². The van der Waals surface area contributed by atoms with E-state index < -0.39 is 0 Å². The molecule has 0 amide bonds. The first-order chi connectivity index (χ1) is 12.8. The van der Waals surface area contributed by atoms with Gasteiger partial charge in [-0.25, -0.2) is 4.98 Å². The van der Waals surface area contributed by atoms with Crippen molar-refractivity contribution in [2.45, 2.75) is 18.9 Å². The van der Waals surface area contributed by atoms with Gasteiger partial charge in [0.15, 0.2) is 5.13 Å². The van der Waals surface area contributed by atoms with Gasteiger partial charge >= 0.3 is 0 Å². The summed E-state index contributed by atoms with van der Waals surface area (Å²) in [5.41, 5.74) is 3.46. The van der Waals surface area contributed by atoms with Crippen LogP contribution >= 0.6 is 34.3 Å². The smallest absolute Gasteiger partial charge is 0.186 e. The lowest BCUT2D eigenvalue weighted by Gasteiger charge is -2.22. The summed E-state index contributed by atoms with van der Waals surface area (Å²) in [5, 5.41) is 1.11. The van der Waals surface area contributed by atoms with Gasteiger partial charge in [0, 0.05) is 23.8 Å². The van der Waals surface area contributed by atoms with Gasteiger partial charge in [-0.15, -0.1) is 11.3 Å². The van der Waals surface area contributed by atoms with Crippen LogP contribution in [0.15, 0.2) is 54.9 Å². The minimum Gasteiger partial charge on any atom is -0.340 e. The topological polar surface area (TPSA) is 29.0 Å². The van der Waals surface area contributed by atoms with E-state index in [4.69, 9.17) is 16.6 Å². The van der Waals surface area contributed by atoms with Crippen LogP contribution in [0.3, 0.4) is 0 Å². The van der Waals surface area contributed by atoms with Gasteiger partial charge in [-0.05, 0) is 60.4 Å². The third-order valence-electron chi connectivity index (χ3n) is 4.81. The summed E-state index contributed by atoms with van der Waals surface area (Å²) < 4.78 is 2.09. The molecule has 0 aliphatic carbocycles. The minimum absolute atomic E-state index is 0.396. The Hall–Kier alpha value is -1.95. The van der Waals surface area contributed by atoms with E-state index in [2.05, 4.69) is 34.1 Å². The van der Waals surface area contributed by atoms with Crippen molar-refractivity contribution < 1.29 is 0 Å². The standard InChI is InChI=1S/C20H16ClN3S2/c21-19-6-5-17(25-19)16-2-1-11-24(16)20-23-15-4-3-14(12-18(15)26-20)13-7-9-22-10-8-13/h3-10,12,16H,1-2,11H2. The Labute approximate surface area is 164 Å². The molecule has 1 saturated heterocycles. The lowest BCUT2D eigenvalue weighted by molar-refractivity contribution is 0.732. The summed E-state index contributed by atoms with van der Waals surface area (Å²) in [6, 6.07) is 15.1. The Balaban J connectivity index is 1.51. The highest BCUT2D eigenvalue weighted by atomic mass is 35.5. The van der Waals surface area contributed by atoms with E-state index in [1.54, 1.807) is 22.7 Å². The number of benzene rings is 1. The molecule has 0 N–H and O–H groups in total. The zero-order valence-corrected chi connectivity index (χ0v) is 16.3. The molecule has 0 radical (unpaired) electrons. The number of nitrogens with zero attached hydrogens (tertiary/aromatic N) is 3. The van der Waals surface area contributed by atoms with Gasteiger partial charge in [0.25, 0.3) is 0 Å². The number of anilines is 1. The first kappa shape index (κ1) is 16.2. The van der Waals surface area contributed by atoms with Crippen LogP contribution in [0.4, 0.5) is 5.13 Å². The number of hydrogen-bond donors (Lipinski definition) is 0. The van der Waals surface area contributed by atoms with Crippen LogP contribution in [-0.2, 0) is 0 Å². The summed E-state index contributed by atoms with van der Waals surface area (Å²) in [6.07, 6.45) is 6.02. The Kier molecular flexibility index (Phi) is 4.15. The van der Waals surface area contributed by atoms with E-state index in [1.165, 1.54) is 27.1 Å². The molecular weight excluding hydrogens is 382 g/mol. The van der Waals surface area contributed by atoms with Gasteiger partial charge in [-0.3, -0.25) is 4.98 Å². The van der Waals surface area contributed by atoms with E-state index in [1.807, 2.05) is 30.6 Å². The quantitative estimate of drug-likeness (QED) is 0.399. The first-order valence-corrected chi connectivity index (χ1v) is 10.6. The second-order valence-electron chi connectivity index (χ2n) is 6.41. The van der Waals surface area contributed by atoms with Crippen LogP contribution < -0.4 is 4.90 Å².